The lowest BCUT2D eigenvalue weighted by Crippen LogP contribution is -2.28. The molecule has 0 bridgehead atoms. The predicted octanol–water partition coefficient (Wildman–Crippen LogP) is 4.17. The minimum atomic E-state index is -4.61. The van der Waals surface area contributed by atoms with Crippen molar-refractivity contribution >= 4 is 23.5 Å². The first-order valence-electron chi connectivity index (χ1n) is 10.9. The van der Waals surface area contributed by atoms with E-state index in [4.69, 9.17) is 5.73 Å². The Morgan fingerprint density at radius 1 is 1.21 bits per heavy atom. The second-order valence-electron chi connectivity index (χ2n) is 8.38. The molecule has 3 N–H and O–H groups in total. The number of halogens is 3. The highest BCUT2D eigenvalue weighted by molar-refractivity contribution is 5.94. The summed E-state index contributed by atoms with van der Waals surface area (Å²) in [6, 6.07) is 6.57. The molecule has 0 spiro atoms. The van der Waals surface area contributed by atoms with Crippen LogP contribution in [-0.2, 0) is 17.4 Å². The Kier molecular flexibility index (Phi) is 7.55. The SMILES string of the molecule is CCCN(C)C(=O)c1ccc(Nc2ncc(C(F)(F)F)c(C[C@@H]3CCC[C@@H]3C(N)=O)n2)cc1. The van der Waals surface area contributed by atoms with Gasteiger partial charge in [0.2, 0.25) is 11.9 Å². The predicted molar refractivity (Wildman–Crippen MR) is 118 cm³/mol. The molecule has 178 valence electrons. The zero-order valence-electron chi connectivity index (χ0n) is 18.7. The first-order valence-corrected chi connectivity index (χ1v) is 10.9. The highest BCUT2D eigenvalue weighted by Crippen LogP contribution is 2.38. The number of primary amides is 1. The first-order chi connectivity index (χ1) is 15.6. The number of rotatable bonds is 8. The quantitative estimate of drug-likeness (QED) is 0.612. The maximum absolute atomic E-state index is 13.5. The zero-order chi connectivity index (χ0) is 24.2. The third-order valence-corrected chi connectivity index (χ3v) is 5.95. The van der Waals surface area contributed by atoms with Gasteiger partial charge in [-0.15, -0.1) is 0 Å². The van der Waals surface area contributed by atoms with E-state index in [9.17, 15) is 22.8 Å². The van der Waals surface area contributed by atoms with Crippen molar-refractivity contribution in [3.05, 3.63) is 47.3 Å². The molecule has 1 fully saturated rings. The largest absolute Gasteiger partial charge is 0.419 e. The summed E-state index contributed by atoms with van der Waals surface area (Å²) in [4.78, 5) is 33.6. The van der Waals surface area contributed by atoms with Crippen LogP contribution in [0, 0.1) is 11.8 Å². The van der Waals surface area contributed by atoms with Gasteiger partial charge in [-0.1, -0.05) is 13.3 Å². The minimum absolute atomic E-state index is 0.00312. The van der Waals surface area contributed by atoms with E-state index in [0.29, 0.717) is 30.6 Å². The van der Waals surface area contributed by atoms with E-state index < -0.39 is 23.6 Å². The van der Waals surface area contributed by atoms with Crippen LogP contribution in [0.1, 0.15) is 54.2 Å². The van der Waals surface area contributed by atoms with E-state index in [2.05, 4.69) is 15.3 Å². The lowest BCUT2D eigenvalue weighted by atomic mass is 9.90. The van der Waals surface area contributed by atoms with Gasteiger partial charge in [-0.3, -0.25) is 9.59 Å². The van der Waals surface area contributed by atoms with Crippen molar-refractivity contribution in [3.8, 4) is 0 Å². The summed E-state index contributed by atoms with van der Waals surface area (Å²) < 4.78 is 40.6. The molecule has 0 radical (unpaired) electrons. The number of nitrogens with one attached hydrogen (secondary N) is 1. The van der Waals surface area contributed by atoms with Gasteiger partial charge in [-0.25, -0.2) is 9.97 Å². The molecule has 1 saturated carbocycles. The molecular weight excluding hydrogens is 435 g/mol. The van der Waals surface area contributed by atoms with Crippen molar-refractivity contribution in [2.75, 3.05) is 18.9 Å². The van der Waals surface area contributed by atoms with Gasteiger partial charge >= 0.3 is 6.18 Å². The lowest BCUT2D eigenvalue weighted by molar-refractivity contribution is -0.138. The van der Waals surface area contributed by atoms with Crippen LogP contribution >= 0.6 is 0 Å². The molecule has 2 amide bonds. The Balaban J connectivity index is 1.80. The number of anilines is 2. The van der Waals surface area contributed by atoms with Crippen LogP contribution in [0.4, 0.5) is 24.8 Å². The third-order valence-electron chi connectivity index (χ3n) is 5.95. The highest BCUT2D eigenvalue weighted by atomic mass is 19.4. The van der Waals surface area contributed by atoms with Crippen molar-refractivity contribution in [1.29, 1.82) is 0 Å². The van der Waals surface area contributed by atoms with Gasteiger partial charge in [0, 0.05) is 37.0 Å². The molecule has 1 aromatic carbocycles. The molecule has 1 heterocycles. The number of nitrogens with zero attached hydrogens (tertiary/aromatic N) is 3. The van der Waals surface area contributed by atoms with Crippen LogP contribution in [0.5, 0.6) is 0 Å². The number of hydrogen-bond acceptors (Lipinski definition) is 5. The van der Waals surface area contributed by atoms with Crippen molar-refractivity contribution in [2.24, 2.45) is 17.6 Å². The number of carbonyl (C=O) groups is 2. The summed E-state index contributed by atoms with van der Waals surface area (Å²) in [6.45, 7) is 2.62. The van der Waals surface area contributed by atoms with E-state index in [1.807, 2.05) is 6.92 Å². The van der Waals surface area contributed by atoms with E-state index in [1.165, 1.54) is 0 Å². The number of benzene rings is 1. The second kappa shape index (κ2) is 10.2. The average Bonchev–Trinajstić information content (AvgIpc) is 3.22. The molecule has 7 nitrogen and oxygen atoms in total. The van der Waals surface area contributed by atoms with Gasteiger partial charge in [-0.05, 0) is 55.9 Å². The van der Waals surface area contributed by atoms with E-state index in [-0.39, 0.29) is 29.9 Å². The Labute approximate surface area is 190 Å². The van der Waals surface area contributed by atoms with Crippen LogP contribution in [-0.4, -0.2) is 40.3 Å². The number of amides is 2. The van der Waals surface area contributed by atoms with Crippen molar-refractivity contribution in [3.63, 3.8) is 0 Å². The maximum Gasteiger partial charge on any atom is 0.419 e. The lowest BCUT2D eigenvalue weighted by Gasteiger charge is -2.19. The number of alkyl halides is 3. The summed E-state index contributed by atoms with van der Waals surface area (Å²) >= 11 is 0. The van der Waals surface area contributed by atoms with Crippen molar-refractivity contribution in [2.45, 2.75) is 45.2 Å². The zero-order valence-corrected chi connectivity index (χ0v) is 18.7. The molecule has 33 heavy (non-hydrogen) atoms. The van der Waals surface area contributed by atoms with Gasteiger partial charge in [-0.2, -0.15) is 13.2 Å². The highest BCUT2D eigenvalue weighted by Gasteiger charge is 2.38. The molecule has 0 unspecified atom stereocenters. The normalized spacial score (nSPS) is 18.2. The molecular formula is C23H28F3N5O2. The average molecular weight is 464 g/mol. The molecule has 0 aliphatic heterocycles. The molecule has 10 heteroatoms. The Bertz CT molecular complexity index is 995. The Morgan fingerprint density at radius 2 is 1.91 bits per heavy atom. The molecule has 0 saturated heterocycles. The number of aromatic nitrogens is 2. The van der Waals surface area contributed by atoms with Crippen LogP contribution in [0.15, 0.2) is 30.5 Å². The fourth-order valence-electron chi connectivity index (χ4n) is 4.26. The summed E-state index contributed by atoms with van der Waals surface area (Å²) in [7, 11) is 1.72. The summed E-state index contributed by atoms with van der Waals surface area (Å²) in [6.07, 6.45) is -1.06. The minimum Gasteiger partial charge on any atom is -0.369 e. The fourth-order valence-corrected chi connectivity index (χ4v) is 4.26. The molecule has 1 aliphatic carbocycles. The molecule has 3 rings (SSSR count). The number of nitrogens with two attached hydrogens (primary N) is 1. The maximum atomic E-state index is 13.5. The first kappa shape index (κ1) is 24.5. The number of hydrogen-bond donors (Lipinski definition) is 2. The molecule has 1 aliphatic rings. The van der Waals surface area contributed by atoms with Crippen LogP contribution in [0.2, 0.25) is 0 Å². The van der Waals surface area contributed by atoms with Crippen LogP contribution in [0.25, 0.3) is 0 Å². The molecule has 1 aromatic heterocycles. The molecule has 2 atom stereocenters. The van der Waals surface area contributed by atoms with Gasteiger partial charge in [0.1, 0.15) is 0 Å². The smallest absolute Gasteiger partial charge is 0.369 e. The topological polar surface area (TPSA) is 101 Å². The van der Waals surface area contributed by atoms with E-state index in [1.54, 1.807) is 36.2 Å². The Hall–Kier alpha value is -3.17. The monoisotopic (exact) mass is 463 g/mol. The van der Waals surface area contributed by atoms with Gasteiger partial charge in [0.25, 0.3) is 5.91 Å². The molecule has 2 aromatic rings. The van der Waals surface area contributed by atoms with Gasteiger partial charge in [0.05, 0.1) is 11.3 Å². The van der Waals surface area contributed by atoms with Crippen LogP contribution < -0.4 is 11.1 Å². The standard InChI is InChI=1S/C23H28F3N5O2/c1-3-11-31(2)21(33)14-7-9-16(10-8-14)29-22-28-13-18(23(24,25)26)19(30-22)12-15-5-4-6-17(15)20(27)32/h7-10,13,15,17H,3-6,11-12H2,1-2H3,(H2,27,32)(H,28,29,30)/t15-,17-/m0/s1. The van der Waals surface area contributed by atoms with Crippen LogP contribution in [0.3, 0.4) is 0 Å². The third kappa shape index (κ3) is 6.00. The van der Waals surface area contributed by atoms with Gasteiger partial charge < -0.3 is 16.0 Å². The van der Waals surface area contributed by atoms with E-state index in [0.717, 1.165) is 19.0 Å². The summed E-state index contributed by atoms with van der Waals surface area (Å²) in [5.74, 6) is -1.33. The Morgan fingerprint density at radius 3 is 2.52 bits per heavy atom. The number of carbonyl (C=O) groups excluding carboxylic acids is 2. The second-order valence-corrected chi connectivity index (χ2v) is 8.38. The fraction of sp³-hybridized carbons (Fsp3) is 0.478. The van der Waals surface area contributed by atoms with Crippen molar-refractivity contribution in [1.82, 2.24) is 14.9 Å². The summed E-state index contributed by atoms with van der Waals surface area (Å²) in [5, 5.41) is 2.90. The van der Waals surface area contributed by atoms with Gasteiger partial charge in [0.15, 0.2) is 0 Å². The van der Waals surface area contributed by atoms with E-state index >= 15 is 0 Å². The van der Waals surface area contributed by atoms with Crippen molar-refractivity contribution < 1.29 is 22.8 Å². The summed E-state index contributed by atoms with van der Waals surface area (Å²) in [5.41, 5.74) is 5.40.